The second-order valence-electron chi connectivity index (χ2n) is 8.78. The molecule has 1 saturated heterocycles. The molecule has 30 heavy (non-hydrogen) atoms. The first-order chi connectivity index (χ1) is 14.5. The van der Waals surface area contributed by atoms with Gasteiger partial charge in [0.15, 0.2) is 0 Å². The number of carbonyl (C=O) groups excluding carboxylic acids is 1. The maximum atomic E-state index is 11.2. The molecule has 4 rings (SSSR count). The topological polar surface area (TPSA) is 50.8 Å². The number of nitrogens with zero attached hydrogens (tertiary/aromatic N) is 1. The molecular formula is C25H32N2O3. The summed E-state index contributed by atoms with van der Waals surface area (Å²) in [6, 6.07) is 16.5. The molecule has 1 heterocycles. The molecule has 2 aromatic rings. The van der Waals surface area contributed by atoms with Crippen molar-refractivity contribution in [3.05, 3.63) is 54.1 Å². The monoisotopic (exact) mass is 408 g/mol. The summed E-state index contributed by atoms with van der Waals surface area (Å²) in [6.07, 6.45) is 2.76. The van der Waals surface area contributed by atoms with Gasteiger partial charge in [0, 0.05) is 25.1 Å². The van der Waals surface area contributed by atoms with Crippen LogP contribution < -0.4 is 19.7 Å². The van der Waals surface area contributed by atoms with Crippen LogP contribution in [0.1, 0.15) is 45.2 Å². The Hall–Kier alpha value is -2.69. The Morgan fingerprint density at radius 1 is 1.07 bits per heavy atom. The van der Waals surface area contributed by atoms with Crippen molar-refractivity contribution in [3.8, 4) is 11.5 Å². The zero-order chi connectivity index (χ0) is 21.1. The van der Waals surface area contributed by atoms with E-state index in [1.807, 2.05) is 31.2 Å². The molecule has 2 fully saturated rings. The molecule has 3 atom stereocenters. The smallest absolute Gasteiger partial charge is 0.217 e. The maximum Gasteiger partial charge on any atom is 0.217 e. The van der Waals surface area contributed by atoms with Crippen LogP contribution in [0.25, 0.3) is 0 Å². The van der Waals surface area contributed by atoms with E-state index in [0.29, 0.717) is 5.92 Å². The van der Waals surface area contributed by atoms with Gasteiger partial charge in [-0.25, -0.2) is 0 Å². The number of benzene rings is 2. The average molecular weight is 409 g/mol. The third kappa shape index (κ3) is 5.26. The van der Waals surface area contributed by atoms with E-state index in [0.717, 1.165) is 42.7 Å². The zero-order valence-corrected chi connectivity index (χ0v) is 18.1. The molecule has 1 aliphatic heterocycles. The van der Waals surface area contributed by atoms with Crippen LogP contribution in [-0.4, -0.2) is 31.7 Å². The number of ether oxygens (including phenoxy) is 2. The predicted octanol–water partition coefficient (Wildman–Crippen LogP) is 4.58. The van der Waals surface area contributed by atoms with Gasteiger partial charge in [-0.3, -0.25) is 4.79 Å². The Morgan fingerprint density at radius 2 is 1.73 bits per heavy atom. The molecule has 0 radical (unpaired) electrons. The average Bonchev–Trinajstić information content (AvgIpc) is 3.49. The van der Waals surface area contributed by atoms with E-state index in [9.17, 15) is 4.79 Å². The third-order valence-corrected chi connectivity index (χ3v) is 6.02. The minimum absolute atomic E-state index is 0.00586. The maximum absolute atomic E-state index is 11.2. The van der Waals surface area contributed by atoms with Crippen molar-refractivity contribution in [1.29, 1.82) is 0 Å². The van der Waals surface area contributed by atoms with Gasteiger partial charge < -0.3 is 19.7 Å². The third-order valence-electron chi connectivity index (χ3n) is 6.02. The van der Waals surface area contributed by atoms with Gasteiger partial charge in [0.05, 0.1) is 19.2 Å². The Kier molecular flexibility index (Phi) is 6.16. The molecule has 2 unspecified atom stereocenters. The molecule has 0 aromatic heterocycles. The lowest BCUT2D eigenvalue weighted by atomic mass is 10.1. The number of amides is 1. The molecule has 2 aliphatic rings. The van der Waals surface area contributed by atoms with Gasteiger partial charge in [0.25, 0.3) is 0 Å². The van der Waals surface area contributed by atoms with E-state index in [2.05, 4.69) is 41.4 Å². The van der Waals surface area contributed by atoms with Crippen molar-refractivity contribution in [2.75, 3.05) is 24.6 Å². The first-order valence-electron chi connectivity index (χ1n) is 11.0. The van der Waals surface area contributed by atoms with Crippen LogP contribution >= 0.6 is 0 Å². The van der Waals surface area contributed by atoms with Crippen LogP contribution in [-0.2, 0) is 4.79 Å². The molecule has 0 spiro atoms. The van der Waals surface area contributed by atoms with Crippen LogP contribution in [0.2, 0.25) is 0 Å². The Labute approximate surface area is 179 Å². The minimum atomic E-state index is -0.0230. The highest BCUT2D eigenvalue weighted by Gasteiger charge is 2.31. The van der Waals surface area contributed by atoms with Crippen LogP contribution in [0.15, 0.2) is 48.5 Å². The SMILES string of the molecule is CC(=O)NC(C)c1ccc(O[C@H]2CN(c3ccc(OCC4CC4)cc3)CC2C)cc1. The summed E-state index contributed by atoms with van der Waals surface area (Å²) in [5, 5.41) is 2.91. The lowest BCUT2D eigenvalue weighted by molar-refractivity contribution is -0.119. The summed E-state index contributed by atoms with van der Waals surface area (Å²) in [7, 11) is 0. The number of anilines is 1. The van der Waals surface area contributed by atoms with Gasteiger partial charge in [-0.2, -0.15) is 0 Å². The highest BCUT2D eigenvalue weighted by Crippen LogP contribution is 2.31. The molecule has 1 amide bonds. The van der Waals surface area contributed by atoms with Gasteiger partial charge in [-0.05, 0) is 67.6 Å². The largest absolute Gasteiger partial charge is 0.493 e. The quantitative estimate of drug-likeness (QED) is 0.695. The van der Waals surface area contributed by atoms with Crippen molar-refractivity contribution in [2.45, 2.75) is 45.8 Å². The van der Waals surface area contributed by atoms with Crippen molar-refractivity contribution in [2.24, 2.45) is 11.8 Å². The fourth-order valence-electron chi connectivity index (χ4n) is 3.95. The van der Waals surface area contributed by atoms with E-state index in [1.165, 1.54) is 25.5 Å². The van der Waals surface area contributed by atoms with E-state index in [4.69, 9.17) is 9.47 Å². The molecule has 2 aromatic carbocycles. The molecule has 1 saturated carbocycles. The second kappa shape index (κ2) is 8.99. The lowest BCUT2D eigenvalue weighted by Crippen LogP contribution is -2.26. The van der Waals surface area contributed by atoms with Crippen molar-refractivity contribution < 1.29 is 14.3 Å². The number of hydrogen-bond donors (Lipinski definition) is 1. The van der Waals surface area contributed by atoms with E-state index in [-0.39, 0.29) is 18.1 Å². The standard InChI is InChI=1S/C25H32N2O3/c1-17-14-27(22-8-12-23(13-9-22)29-16-20-4-5-20)15-25(17)30-24-10-6-21(7-11-24)18(2)26-19(3)28/h6-13,17-18,20,25H,4-5,14-16H2,1-3H3,(H,26,28)/t17?,18?,25-/m0/s1. The Balaban J connectivity index is 1.32. The first kappa shape index (κ1) is 20.6. The van der Waals surface area contributed by atoms with E-state index < -0.39 is 0 Å². The van der Waals surface area contributed by atoms with Crippen molar-refractivity contribution in [1.82, 2.24) is 5.32 Å². The molecule has 0 bridgehead atoms. The lowest BCUT2D eigenvalue weighted by Gasteiger charge is -2.20. The Morgan fingerprint density at radius 3 is 2.37 bits per heavy atom. The number of carbonyl (C=O) groups is 1. The molecule has 5 heteroatoms. The first-order valence-corrected chi connectivity index (χ1v) is 11.0. The highest BCUT2D eigenvalue weighted by atomic mass is 16.5. The molecule has 160 valence electrons. The van der Waals surface area contributed by atoms with Gasteiger partial charge >= 0.3 is 0 Å². The zero-order valence-electron chi connectivity index (χ0n) is 18.1. The summed E-state index contributed by atoms with van der Waals surface area (Å²) in [5.41, 5.74) is 2.29. The molecular weight excluding hydrogens is 376 g/mol. The Bertz CT molecular complexity index is 846. The minimum Gasteiger partial charge on any atom is -0.493 e. The summed E-state index contributed by atoms with van der Waals surface area (Å²) in [6.45, 7) is 8.45. The summed E-state index contributed by atoms with van der Waals surface area (Å²) in [5.74, 6) is 3.01. The van der Waals surface area contributed by atoms with E-state index >= 15 is 0 Å². The van der Waals surface area contributed by atoms with E-state index in [1.54, 1.807) is 0 Å². The van der Waals surface area contributed by atoms with Crippen LogP contribution in [0.5, 0.6) is 11.5 Å². The van der Waals surface area contributed by atoms with Crippen LogP contribution in [0, 0.1) is 11.8 Å². The number of nitrogens with one attached hydrogen (secondary N) is 1. The molecule has 5 nitrogen and oxygen atoms in total. The predicted molar refractivity (Wildman–Crippen MR) is 119 cm³/mol. The van der Waals surface area contributed by atoms with Gasteiger partial charge in [0.1, 0.15) is 17.6 Å². The van der Waals surface area contributed by atoms with Crippen LogP contribution in [0.3, 0.4) is 0 Å². The molecule has 1 aliphatic carbocycles. The molecule has 1 N–H and O–H groups in total. The van der Waals surface area contributed by atoms with Gasteiger partial charge in [-0.15, -0.1) is 0 Å². The van der Waals surface area contributed by atoms with Crippen molar-refractivity contribution in [3.63, 3.8) is 0 Å². The highest BCUT2D eigenvalue weighted by molar-refractivity contribution is 5.73. The van der Waals surface area contributed by atoms with Crippen molar-refractivity contribution >= 4 is 11.6 Å². The number of hydrogen-bond acceptors (Lipinski definition) is 4. The van der Waals surface area contributed by atoms with Gasteiger partial charge in [-0.1, -0.05) is 19.1 Å². The fourth-order valence-corrected chi connectivity index (χ4v) is 3.95. The van der Waals surface area contributed by atoms with Gasteiger partial charge in [0.2, 0.25) is 5.91 Å². The van der Waals surface area contributed by atoms with Crippen LogP contribution in [0.4, 0.5) is 5.69 Å². The number of rotatable bonds is 8. The fraction of sp³-hybridized carbons (Fsp3) is 0.480. The normalized spacial score (nSPS) is 21.9. The summed E-state index contributed by atoms with van der Waals surface area (Å²) >= 11 is 0. The summed E-state index contributed by atoms with van der Waals surface area (Å²) < 4.78 is 12.1. The second-order valence-corrected chi connectivity index (χ2v) is 8.78. The summed E-state index contributed by atoms with van der Waals surface area (Å²) in [4.78, 5) is 13.6.